The zero-order valence-corrected chi connectivity index (χ0v) is 15.4. The number of nitrogens with one attached hydrogen (secondary N) is 2. The Kier molecular flexibility index (Phi) is 6.24. The van der Waals surface area contributed by atoms with Gasteiger partial charge in [-0.25, -0.2) is 0 Å². The van der Waals surface area contributed by atoms with E-state index in [9.17, 15) is 9.59 Å². The molecule has 0 fully saturated rings. The third-order valence-corrected chi connectivity index (χ3v) is 4.60. The van der Waals surface area contributed by atoms with Crippen molar-refractivity contribution in [2.24, 2.45) is 0 Å². The number of aromatic nitrogens is 1. The molecule has 25 heavy (non-hydrogen) atoms. The first-order valence-electron chi connectivity index (χ1n) is 7.66. The fourth-order valence-corrected chi connectivity index (χ4v) is 3.08. The van der Waals surface area contributed by atoms with Crippen LogP contribution in [0.3, 0.4) is 0 Å². The standard InChI is InChI=1S/C18H17Cl2N3O2/c1-10-14(11(2)23-18(25)15(10)8-21)5-6-17(24)22-9-12-3-4-13(19)7-16(12)20/h3-4,7H,5-6,9H2,1-2H3,(H,22,24)(H,23,25). The number of benzene rings is 1. The summed E-state index contributed by atoms with van der Waals surface area (Å²) in [4.78, 5) is 26.5. The molecule has 1 heterocycles. The summed E-state index contributed by atoms with van der Waals surface area (Å²) < 4.78 is 0. The molecule has 1 aromatic heterocycles. The SMILES string of the molecule is Cc1[nH]c(=O)c(C#N)c(C)c1CCC(=O)NCc1ccc(Cl)cc1Cl. The van der Waals surface area contributed by atoms with Crippen molar-refractivity contribution in [2.45, 2.75) is 33.2 Å². The van der Waals surface area contributed by atoms with Crippen molar-refractivity contribution in [3.05, 3.63) is 66.5 Å². The lowest BCUT2D eigenvalue weighted by Crippen LogP contribution is -2.24. The Morgan fingerprint density at radius 1 is 1.32 bits per heavy atom. The van der Waals surface area contributed by atoms with Crippen LogP contribution < -0.4 is 10.9 Å². The first-order chi connectivity index (χ1) is 11.8. The molecule has 2 rings (SSSR count). The molecule has 0 spiro atoms. The maximum Gasteiger partial charge on any atom is 0.266 e. The minimum absolute atomic E-state index is 0.0916. The molecule has 7 heteroatoms. The number of carbonyl (C=O) groups excluding carboxylic acids is 1. The number of H-pyrrole nitrogens is 1. The third-order valence-electron chi connectivity index (χ3n) is 4.01. The number of hydrogen-bond acceptors (Lipinski definition) is 3. The van der Waals surface area contributed by atoms with Crippen molar-refractivity contribution in [3.8, 4) is 6.07 Å². The van der Waals surface area contributed by atoms with E-state index < -0.39 is 5.56 Å². The molecule has 5 nitrogen and oxygen atoms in total. The van der Waals surface area contributed by atoms with E-state index >= 15 is 0 Å². The van der Waals surface area contributed by atoms with Gasteiger partial charge in [-0.15, -0.1) is 0 Å². The molecular formula is C18H17Cl2N3O2. The van der Waals surface area contributed by atoms with Gasteiger partial charge in [-0.2, -0.15) is 5.26 Å². The van der Waals surface area contributed by atoms with Crippen LogP contribution in [0, 0.1) is 25.2 Å². The molecule has 0 saturated heterocycles. The number of pyridine rings is 1. The predicted molar refractivity (Wildman–Crippen MR) is 97.9 cm³/mol. The fraction of sp³-hybridized carbons (Fsp3) is 0.278. The summed E-state index contributed by atoms with van der Waals surface area (Å²) in [6.07, 6.45) is 0.674. The van der Waals surface area contributed by atoms with Gasteiger partial charge in [0.15, 0.2) is 0 Å². The van der Waals surface area contributed by atoms with E-state index in [4.69, 9.17) is 28.5 Å². The monoisotopic (exact) mass is 377 g/mol. The van der Waals surface area contributed by atoms with Gasteiger partial charge < -0.3 is 10.3 Å². The van der Waals surface area contributed by atoms with Gasteiger partial charge in [-0.1, -0.05) is 29.3 Å². The second-order valence-electron chi connectivity index (χ2n) is 5.68. The number of aromatic amines is 1. The first kappa shape index (κ1) is 19.0. The number of nitrogens with zero attached hydrogens (tertiary/aromatic N) is 1. The molecule has 0 bridgehead atoms. The van der Waals surface area contributed by atoms with Crippen LogP contribution in [0.4, 0.5) is 0 Å². The number of aryl methyl sites for hydroxylation is 1. The summed E-state index contributed by atoms with van der Waals surface area (Å²) in [5.41, 5.74) is 2.59. The Hall–Kier alpha value is -2.29. The average molecular weight is 378 g/mol. The number of nitriles is 1. The molecule has 0 radical (unpaired) electrons. The van der Waals surface area contributed by atoms with Crippen LogP contribution in [0.2, 0.25) is 10.0 Å². The molecule has 2 aromatic rings. The van der Waals surface area contributed by atoms with Crippen LogP contribution in [0.5, 0.6) is 0 Å². The van der Waals surface area contributed by atoms with Crippen molar-refractivity contribution in [1.82, 2.24) is 10.3 Å². The van der Waals surface area contributed by atoms with E-state index in [1.165, 1.54) is 0 Å². The highest BCUT2D eigenvalue weighted by atomic mass is 35.5. The third kappa shape index (κ3) is 4.62. The molecule has 0 aliphatic rings. The maximum absolute atomic E-state index is 12.1. The highest BCUT2D eigenvalue weighted by Crippen LogP contribution is 2.21. The predicted octanol–water partition coefficient (Wildman–Crippen LogP) is 3.42. The van der Waals surface area contributed by atoms with Gasteiger partial charge in [-0.3, -0.25) is 9.59 Å². The van der Waals surface area contributed by atoms with Gasteiger partial charge >= 0.3 is 0 Å². The molecule has 130 valence electrons. The topological polar surface area (TPSA) is 85.8 Å². The largest absolute Gasteiger partial charge is 0.352 e. The molecule has 2 N–H and O–H groups in total. The zero-order valence-electron chi connectivity index (χ0n) is 13.9. The van der Waals surface area contributed by atoms with Crippen molar-refractivity contribution >= 4 is 29.1 Å². The maximum atomic E-state index is 12.1. The van der Waals surface area contributed by atoms with Crippen molar-refractivity contribution < 1.29 is 4.79 Å². The molecule has 0 aliphatic heterocycles. The molecule has 1 amide bonds. The number of carbonyl (C=O) groups is 1. The van der Waals surface area contributed by atoms with Gasteiger partial charge in [0.1, 0.15) is 11.6 Å². The fourth-order valence-electron chi connectivity index (χ4n) is 2.61. The molecule has 0 unspecified atom stereocenters. The Balaban J connectivity index is 2.01. The molecule has 0 aliphatic carbocycles. The number of rotatable bonds is 5. The molecule has 1 aromatic carbocycles. The van der Waals surface area contributed by atoms with Gasteiger partial charge in [0.25, 0.3) is 5.56 Å². The molecular weight excluding hydrogens is 361 g/mol. The summed E-state index contributed by atoms with van der Waals surface area (Å²) in [5, 5.41) is 12.9. The average Bonchev–Trinajstić information content (AvgIpc) is 2.53. The van der Waals surface area contributed by atoms with E-state index in [-0.39, 0.29) is 17.9 Å². The Morgan fingerprint density at radius 3 is 2.68 bits per heavy atom. The second kappa shape index (κ2) is 8.19. The highest BCUT2D eigenvalue weighted by Gasteiger charge is 2.13. The van der Waals surface area contributed by atoms with E-state index in [2.05, 4.69) is 10.3 Å². The Morgan fingerprint density at radius 2 is 2.04 bits per heavy atom. The van der Waals surface area contributed by atoms with Gasteiger partial charge in [0.2, 0.25) is 5.91 Å². The number of hydrogen-bond donors (Lipinski definition) is 2. The lowest BCUT2D eigenvalue weighted by atomic mass is 9.99. The van der Waals surface area contributed by atoms with Crippen molar-refractivity contribution in [1.29, 1.82) is 5.26 Å². The van der Waals surface area contributed by atoms with Crippen molar-refractivity contribution in [3.63, 3.8) is 0 Å². The van der Waals surface area contributed by atoms with Gasteiger partial charge in [0, 0.05) is 28.7 Å². The van der Waals surface area contributed by atoms with Crippen LogP contribution in [0.15, 0.2) is 23.0 Å². The lowest BCUT2D eigenvalue weighted by molar-refractivity contribution is -0.121. The summed E-state index contributed by atoms with van der Waals surface area (Å²) in [7, 11) is 0. The summed E-state index contributed by atoms with van der Waals surface area (Å²) in [5.74, 6) is -0.144. The summed E-state index contributed by atoms with van der Waals surface area (Å²) in [6, 6.07) is 7.01. The van der Waals surface area contributed by atoms with E-state index in [1.54, 1.807) is 32.0 Å². The Bertz CT molecular complexity index is 914. The van der Waals surface area contributed by atoms with Gasteiger partial charge in [-0.05, 0) is 49.1 Å². The van der Waals surface area contributed by atoms with Crippen LogP contribution in [0.1, 0.15) is 34.4 Å². The zero-order chi connectivity index (χ0) is 18.6. The van der Waals surface area contributed by atoms with E-state index in [1.807, 2.05) is 6.07 Å². The lowest BCUT2D eigenvalue weighted by Gasteiger charge is -2.11. The van der Waals surface area contributed by atoms with E-state index in [0.717, 1.165) is 11.1 Å². The highest BCUT2D eigenvalue weighted by molar-refractivity contribution is 6.35. The summed E-state index contributed by atoms with van der Waals surface area (Å²) >= 11 is 11.9. The minimum atomic E-state index is -0.400. The van der Waals surface area contributed by atoms with Crippen LogP contribution >= 0.6 is 23.2 Å². The number of amides is 1. The first-order valence-corrected chi connectivity index (χ1v) is 8.42. The Labute approximate surface area is 155 Å². The quantitative estimate of drug-likeness (QED) is 0.836. The molecule has 0 saturated carbocycles. The van der Waals surface area contributed by atoms with Crippen LogP contribution in [-0.4, -0.2) is 10.9 Å². The van der Waals surface area contributed by atoms with Gasteiger partial charge in [0.05, 0.1) is 0 Å². The minimum Gasteiger partial charge on any atom is -0.352 e. The van der Waals surface area contributed by atoms with Crippen molar-refractivity contribution in [2.75, 3.05) is 0 Å². The van der Waals surface area contributed by atoms with Crippen LogP contribution in [0.25, 0.3) is 0 Å². The summed E-state index contributed by atoms with van der Waals surface area (Å²) in [6.45, 7) is 3.79. The second-order valence-corrected chi connectivity index (χ2v) is 6.53. The van der Waals surface area contributed by atoms with E-state index in [0.29, 0.717) is 34.3 Å². The molecule has 0 atom stereocenters. The number of halogens is 2. The normalized spacial score (nSPS) is 10.4. The smallest absolute Gasteiger partial charge is 0.266 e. The van der Waals surface area contributed by atoms with Crippen LogP contribution in [-0.2, 0) is 17.8 Å².